The highest BCUT2D eigenvalue weighted by Crippen LogP contribution is 2.34. The van der Waals surface area contributed by atoms with Crippen LogP contribution in [0.2, 0.25) is 0 Å². The Hall–Kier alpha value is -4.38. The molecule has 0 atom stereocenters. The molecule has 0 radical (unpaired) electrons. The number of rotatable bonds is 9. The molecular weight excluding hydrogens is 482 g/mol. The van der Waals surface area contributed by atoms with Crippen LogP contribution >= 0.6 is 11.8 Å². The van der Waals surface area contributed by atoms with E-state index in [1.807, 2.05) is 47.0 Å². The van der Waals surface area contributed by atoms with E-state index in [0.29, 0.717) is 33.7 Å². The number of methoxy groups -OCH3 is 2. The fourth-order valence-corrected chi connectivity index (χ4v) is 4.31. The molecule has 1 heterocycles. The Balaban J connectivity index is 1.59. The number of hydrogen-bond donors (Lipinski definition) is 1. The van der Waals surface area contributed by atoms with E-state index >= 15 is 0 Å². The van der Waals surface area contributed by atoms with Gasteiger partial charge >= 0.3 is 0 Å². The Labute approximate surface area is 211 Å². The number of nitrogens with one attached hydrogen (secondary N) is 1. The second-order valence-corrected chi connectivity index (χ2v) is 8.58. The zero-order valence-corrected chi connectivity index (χ0v) is 20.6. The average Bonchev–Trinajstić information content (AvgIpc) is 3.32. The van der Waals surface area contributed by atoms with Crippen molar-refractivity contribution in [2.75, 3.05) is 25.3 Å². The maximum absolute atomic E-state index is 12.7. The monoisotopic (exact) mass is 505 g/mol. The summed E-state index contributed by atoms with van der Waals surface area (Å²) in [5, 5.41) is 23.0. The Morgan fingerprint density at radius 1 is 1.03 bits per heavy atom. The zero-order valence-electron chi connectivity index (χ0n) is 19.8. The van der Waals surface area contributed by atoms with E-state index < -0.39 is 4.92 Å². The van der Waals surface area contributed by atoms with E-state index in [-0.39, 0.29) is 17.3 Å². The highest BCUT2D eigenvalue weighted by Gasteiger charge is 2.19. The number of benzene rings is 3. The lowest BCUT2D eigenvalue weighted by molar-refractivity contribution is -0.384. The summed E-state index contributed by atoms with van der Waals surface area (Å²) >= 11 is 1.23. The highest BCUT2D eigenvalue weighted by atomic mass is 32.2. The SMILES string of the molecule is COc1ccc(-c2nnc(SCC(=O)Nc3ccc([N+](=O)[O-])cc3C)n2-c2ccccc2)cc1OC. The number of nitro benzene ring substituents is 1. The van der Waals surface area contributed by atoms with E-state index in [9.17, 15) is 14.9 Å². The van der Waals surface area contributed by atoms with Crippen LogP contribution in [-0.2, 0) is 4.79 Å². The number of para-hydroxylation sites is 1. The van der Waals surface area contributed by atoms with Gasteiger partial charge in [-0.05, 0) is 48.9 Å². The third-order valence-electron chi connectivity index (χ3n) is 5.32. The van der Waals surface area contributed by atoms with Gasteiger partial charge in [0.05, 0.1) is 24.9 Å². The number of carbonyl (C=O) groups excluding carboxylic acids is 1. The van der Waals surface area contributed by atoms with Crippen molar-refractivity contribution in [2.45, 2.75) is 12.1 Å². The summed E-state index contributed by atoms with van der Waals surface area (Å²) < 4.78 is 12.6. The lowest BCUT2D eigenvalue weighted by Gasteiger charge is -2.12. The number of amides is 1. The quantitative estimate of drug-likeness (QED) is 0.194. The second-order valence-electron chi connectivity index (χ2n) is 7.64. The standard InChI is InChI=1S/C25H23N5O5S/c1-16-13-19(30(32)33)10-11-20(16)26-23(31)15-36-25-28-27-24(29(25)18-7-5-4-6-8-18)17-9-12-21(34-2)22(14-17)35-3/h4-14H,15H2,1-3H3,(H,26,31). The summed E-state index contributed by atoms with van der Waals surface area (Å²) in [6, 6.07) is 19.4. The minimum Gasteiger partial charge on any atom is -0.493 e. The molecule has 36 heavy (non-hydrogen) atoms. The first kappa shape index (κ1) is 24.7. The van der Waals surface area contributed by atoms with Crippen molar-refractivity contribution in [1.29, 1.82) is 0 Å². The van der Waals surface area contributed by atoms with Crippen LogP contribution < -0.4 is 14.8 Å². The van der Waals surface area contributed by atoms with Crippen LogP contribution in [-0.4, -0.2) is 45.6 Å². The normalized spacial score (nSPS) is 10.6. The maximum atomic E-state index is 12.7. The Kier molecular flexibility index (Phi) is 7.50. The maximum Gasteiger partial charge on any atom is 0.269 e. The molecule has 3 aromatic carbocycles. The number of aryl methyl sites for hydroxylation is 1. The molecule has 1 amide bonds. The van der Waals surface area contributed by atoms with E-state index in [2.05, 4.69) is 15.5 Å². The molecule has 1 N–H and O–H groups in total. The van der Waals surface area contributed by atoms with E-state index in [1.165, 1.54) is 30.0 Å². The molecule has 4 rings (SSSR count). The largest absolute Gasteiger partial charge is 0.493 e. The molecule has 1 aromatic heterocycles. The molecule has 0 fully saturated rings. The molecule has 184 valence electrons. The number of non-ortho nitro benzene ring substituents is 1. The zero-order chi connectivity index (χ0) is 25.7. The van der Waals surface area contributed by atoms with Gasteiger partial charge in [0, 0.05) is 29.1 Å². The molecular formula is C25H23N5O5S. The molecule has 10 nitrogen and oxygen atoms in total. The van der Waals surface area contributed by atoms with Gasteiger partial charge < -0.3 is 14.8 Å². The van der Waals surface area contributed by atoms with E-state index in [4.69, 9.17) is 9.47 Å². The number of anilines is 1. The molecule has 0 aliphatic carbocycles. The number of ether oxygens (including phenoxy) is 2. The number of nitrogens with zero attached hydrogens (tertiary/aromatic N) is 4. The van der Waals surface area contributed by atoms with Crippen LogP contribution in [0.15, 0.2) is 71.9 Å². The Morgan fingerprint density at radius 3 is 2.44 bits per heavy atom. The molecule has 0 bridgehead atoms. The summed E-state index contributed by atoms with van der Waals surface area (Å²) in [6.45, 7) is 1.71. The van der Waals surface area contributed by atoms with Gasteiger partial charge in [0.15, 0.2) is 22.5 Å². The fraction of sp³-hybridized carbons (Fsp3) is 0.160. The predicted molar refractivity (Wildman–Crippen MR) is 137 cm³/mol. The number of nitro groups is 1. The first-order valence-corrected chi connectivity index (χ1v) is 11.8. The summed E-state index contributed by atoms with van der Waals surface area (Å²) in [7, 11) is 3.14. The van der Waals surface area contributed by atoms with Crippen molar-refractivity contribution in [3.05, 3.63) is 82.4 Å². The topological polar surface area (TPSA) is 121 Å². The smallest absolute Gasteiger partial charge is 0.269 e. The summed E-state index contributed by atoms with van der Waals surface area (Å²) in [6.07, 6.45) is 0. The van der Waals surface area contributed by atoms with Gasteiger partial charge in [0.1, 0.15) is 0 Å². The number of carbonyl (C=O) groups is 1. The molecule has 11 heteroatoms. The first-order valence-electron chi connectivity index (χ1n) is 10.8. The molecule has 0 aliphatic heterocycles. The number of hydrogen-bond acceptors (Lipinski definition) is 8. The van der Waals surface area contributed by atoms with Gasteiger partial charge in [-0.3, -0.25) is 19.5 Å². The van der Waals surface area contributed by atoms with Crippen molar-refractivity contribution in [1.82, 2.24) is 14.8 Å². The first-order chi connectivity index (χ1) is 17.4. The van der Waals surface area contributed by atoms with Crippen LogP contribution in [0.3, 0.4) is 0 Å². The summed E-state index contributed by atoms with van der Waals surface area (Å²) in [5.41, 5.74) is 2.69. The van der Waals surface area contributed by atoms with E-state index in [1.54, 1.807) is 27.2 Å². The molecule has 4 aromatic rings. The summed E-state index contributed by atoms with van der Waals surface area (Å²) in [4.78, 5) is 23.2. The van der Waals surface area contributed by atoms with Crippen LogP contribution in [0, 0.1) is 17.0 Å². The molecule has 0 unspecified atom stereocenters. The molecule has 0 saturated carbocycles. The van der Waals surface area contributed by atoms with Gasteiger partial charge in [-0.15, -0.1) is 10.2 Å². The van der Waals surface area contributed by atoms with Crippen molar-refractivity contribution >= 4 is 29.0 Å². The third kappa shape index (κ3) is 5.31. The van der Waals surface area contributed by atoms with Crippen molar-refractivity contribution in [2.24, 2.45) is 0 Å². The fourth-order valence-electron chi connectivity index (χ4n) is 3.55. The van der Waals surface area contributed by atoms with Crippen LogP contribution in [0.25, 0.3) is 17.1 Å². The van der Waals surface area contributed by atoms with Gasteiger partial charge in [0.2, 0.25) is 5.91 Å². The van der Waals surface area contributed by atoms with Gasteiger partial charge in [0.25, 0.3) is 5.69 Å². The van der Waals surface area contributed by atoms with Crippen LogP contribution in [0.4, 0.5) is 11.4 Å². The van der Waals surface area contributed by atoms with E-state index in [0.717, 1.165) is 11.3 Å². The molecule has 0 spiro atoms. The average molecular weight is 506 g/mol. The highest BCUT2D eigenvalue weighted by molar-refractivity contribution is 7.99. The minimum atomic E-state index is -0.471. The predicted octanol–water partition coefficient (Wildman–Crippen LogP) is 4.90. The van der Waals surface area contributed by atoms with Gasteiger partial charge in [-0.2, -0.15) is 0 Å². The Morgan fingerprint density at radius 2 is 1.78 bits per heavy atom. The lowest BCUT2D eigenvalue weighted by atomic mass is 10.2. The van der Waals surface area contributed by atoms with Crippen LogP contribution in [0.1, 0.15) is 5.56 Å². The lowest BCUT2D eigenvalue weighted by Crippen LogP contribution is -2.15. The third-order valence-corrected chi connectivity index (χ3v) is 6.25. The van der Waals surface area contributed by atoms with Gasteiger partial charge in [-0.1, -0.05) is 30.0 Å². The molecule has 0 saturated heterocycles. The van der Waals surface area contributed by atoms with Crippen molar-refractivity contribution in [3.8, 4) is 28.6 Å². The molecule has 0 aliphatic rings. The number of thioether (sulfide) groups is 1. The number of aromatic nitrogens is 3. The van der Waals surface area contributed by atoms with Gasteiger partial charge in [-0.25, -0.2) is 0 Å². The summed E-state index contributed by atoms with van der Waals surface area (Å²) in [5.74, 6) is 1.53. The van der Waals surface area contributed by atoms with Crippen molar-refractivity contribution < 1.29 is 19.2 Å². The second kappa shape index (κ2) is 10.9. The Bertz CT molecular complexity index is 1410. The van der Waals surface area contributed by atoms with Crippen molar-refractivity contribution in [3.63, 3.8) is 0 Å². The van der Waals surface area contributed by atoms with Crippen LogP contribution in [0.5, 0.6) is 11.5 Å². The minimum absolute atomic E-state index is 0.0291.